The quantitative estimate of drug-likeness (QED) is 0.0321. The minimum atomic E-state index is -0.848. The summed E-state index contributed by atoms with van der Waals surface area (Å²) in [6.07, 6.45) is 72.9. The van der Waals surface area contributed by atoms with Crippen LogP contribution in [0, 0.1) is 0 Å². The van der Waals surface area contributed by atoms with Crippen LogP contribution in [0.3, 0.4) is 0 Å². The molecule has 0 heterocycles. The van der Waals surface area contributed by atoms with Crippen molar-refractivity contribution in [2.75, 3.05) is 13.2 Å². The van der Waals surface area contributed by atoms with Gasteiger partial charge in [0.2, 0.25) is 5.91 Å². The van der Waals surface area contributed by atoms with Crippen molar-refractivity contribution < 1.29 is 24.5 Å². The first-order valence-electron chi connectivity index (χ1n) is 29.9. The lowest BCUT2D eigenvalue weighted by Crippen LogP contribution is -2.45. The van der Waals surface area contributed by atoms with Crippen molar-refractivity contribution in [1.82, 2.24) is 5.32 Å². The lowest BCUT2D eigenvalue weighted by atomic mass is 10.0. The molecule has 0 spiro atoms. The third-order valence-electron chi connectivity index (χ3n) is 13.6. The molecular weight excluding hydrogens is 839 g/mol. The molecule has 0 aliphatic heterocycles. The van der Waals surface area contributed by atoms with Crippen LogP contribution >= 0.6 is 0 Å². The molecule has 0 saturated heterocycles. The summed E-state index contributed by atoms with van der Waals surface area (Å²) in [7, 11) is 0. The van der Waals surface area contributed by atoms with Gasteiger partial charge in [-0.1, -0.05) is 255 Å². The minimum Gasteiger partial charge on any atom is -0.466 e. The lowest BCUT2D eigenvalue weighted by molar-refractivity contribution is -0.143. The zero-order valence-corrected chi connectivity index (χ0v) is 45.3. The SMILES string of the molecule is CCCCCC/C=C\C/C=C\CCCCCCCCCC(=O)OCCCCCCCCCCCCC/C=C\CCCCCCCCCC(=O)NC(CO)C(O)/C=C/CCCCCCCCCCC. The second-order valence-electron chi connectivity index (χ2n) is 20.3. The summed E-state index contributed by atoms with van der Waals surface area (Å²) in [6, 6.07) is -0.632. The van der Waals surface area contributed by atoms with Gasteiger partial charge in [0.25, 0.3) is 0 Å². The Labute approximate surface area is 423 Å². The number of carbonyl (C=O) groups excluding carboxylic acids is 2. The average molecular weight is 955 g/mol. The van der Waals surface area contributed by atoms with Crippen LogP contribution in [-0.2, 0) is 14.3 Å². The van der Waals surface area contributed by atoms with Crippen LogP contribution < -0.4 is 5.32 Å². The zero-order chi connectivity index (χ0) is 49.3. The van der Waals surface area contributed by atoms with Crippen molar-refractivity contribution in [2.24, 2.45) is 0 Å². The molecule has 2 unspecified atom stereocenters. The van der Waals surface area contributed by atoms with Gasteiger partial charge in [-0.05, 0) is 89.9 Å². The van der Waals surface area contributed by atoms with Crippen LogP contribution in [0.1, 0.15) is 309 Å². The van der Waals surface area contributed by atoms with Crippen molar-refractivity contribution in [3.05, 3.63) is 48.6 Å². The second-order valence-corrected chi connectivity index (χ2v) is 20.3. The molecule has 2 atom stereocenters. The Morgan fingerprint density at radius 1 is 0.412 bits per heavy atom. The van der Waals surface area contributed by atoms with E-state index in [0.717, 1.165) is 57.8 Å². The first-order valence-corrected chi connectivity index (χ1v) is 29.9. The van der Waals surface area contributed by atoms with Gasteiger partial charge < -0.3 is 20.3 Å². The number of amides is 1. The molecular formula is C62H115NO5. The Balaban J connectivity index is 3.42. The number of aliphatic hydroxyl groups excluding tert-OH is 2. The molecule has 0 aliphatic carbocycles. The van der Waals surface area contributed by atoms with Gasteiger partial charge in [0, 0.05) is 12.8 Å². The Bertz CT molecular complexity index is 1150. The topological polar surface area (TPSA) is 95.9 Å². The van der Waals surface area contributed by atoms with Crippen LogP contribution in [0.4, 0.5) is 0 Å². The molecule has 398 valence electrons. The van der Waals surface area contributed by atoms with Gasteiger partial charge in [0.05, 0.1) is 25.4 Å². The van der Waals surface area contributed by atoms with E-state index in [1.165, 1.54) is 225 Å². The molecule has 0 bridgehead atoms. The van der Waals surface area contributed by atoms with Gasteiger partial charge in [-0.25, -0.2) is 0 Å². The predicted octanol–water partition coefficient (Wildman–Crippen LogP) is 18.6. The largest absolute Gasteiger partial charge is 0.466 e. The summed E-state index contributed by atoms with van der Waals surface area (Å²) >= 11 is 0. The number of aliphatic hydroxyl groups is 2. The maximum absolute atomic E-state index is 12.4. The summed E-state index contributed by atoms with van der Waals surface area (Å²) in [5.74, 6) is -0.0753. The summed E-state index contributed by atoms with van der Waals surface area (Å²) in [5.41, 5.74) is 0. The highest BCUT2D eigenvalue weighted by molar-refractivity contribution is 5.76. The van der Waals surface area contributed by atoms with Gasteiger partial charge in [-0.2, -0.15) is 0 Å². The molecule has 3 N–H and O–H groups in total. The number of nitrogens with one attached hydrogen (secondary N) is 1. The standard InChI is InChI=1S/C62H115NO5/c1-3-5-7-9-11-13-15-16-17-18-26-29-32-36-40-44-48-52-56-62(67)68-57-53-49-45-41-37-33-30-27-24-22-20-19-21-23-25-28-31-35-39-43-47-51-55-61(66)63-59(58-64)60(65)54-50-46-42-38-34-14-12-10-8-6-4-2/h13,15,17-18,21,23,50,54,59-60,64-65H,3-12,14,16,19-20,22,24-49,51-53,55-58H2,1-2H3,(H,63,66)/b15-13-,18-17-,23-21-,54-50+. The molecule has 68 heavy (non-hydrogen) atoms. The van der Waals surface area contributed by atoms with E-state index >= 15 is 0 Å². The van der Waals surface area contributed by atoms with Gasteiger partial charge >= 0.3 is 5.97 Å². The van der Waals surface area contributed by atoms with E-state index in [-0.39, 0.29) is 18.5 Å². The maximum atomic E-state index is 12.4. The fraction of sp³-hybridized carbons (Fsp3) is 0.839. The third kappa shape index (κ3) is 53.2. The summed E-state index contributed by atoms with van der Waals surface area (Å²) in [5, 5.41) is 23.0. The van der Waals surface area contributed by atoms with Crippen molar-refractivity contribution in [2.45, 2.75) is 321 Å². The number of esters is 1. The molecule has 6 nitrogen and oxygen atoms in total. The van der Waals surface area contributed by atoms with E-state index < -0.39 is 12.1 Å². The smallest absolute Gasteiger partial charge is 0.305 e. The van der Waals surface area contributed by atoms with Crippen LogP contribution in [0.25, 0.3) is 0 Å². The maximum Gasteiger partial charge on any atom is 0.305 e. The first-order chi connectivity index (χ1) is 33.5. The number of unbranched alkanes of at least 4 members (excludes halogenated alkanes) is 38. The fourth-order valence-electron chi connectivity index (χ4n) is 8.95. The van der Waals surface area contributed by atoms with E-state index in [9.17, 15) is 19.8 Å². The number of hydrogen-bond acceptors (Lipinski definition) is 5. The molecule has 0 radical (unpaired) electrons. The monoisotopic (exact) mass is 954 g/mol. The van der Waals surface area contributed by atoms with E-state index in [0.29, 0.717) is 19.4 Å². The van der Waals surface area contributed by atoms with E-state index in [2.05, 4.69) is 55.6 Å². The second kappa shape index (κ2) is 57.4. The highest BCUT2D eigenvalue weighted by atomic mass is 16.5. The molecule has 0 aromatic heterocycles. The first kappa shape index (κ1) is 65.8. The Kier molecular flexibility index (Phi) is 55.6. The number of allylic oxidation sites excluding steroid dienone is 7. The number of hydrogen-bond donors (Lipinski definition) is 3. The Morgan fingerprint density at radius 3 is 1.15 bits per heavy atom. The van der Waals surface area contributed by atoms with Crippen LogP contribution in [-0.4, -0.2) is 47.4 Å². The van der Waals surface area contributed by atoms with Crippen LogP contribution in [0.15, 0.2) is 48.6 Å². The normalized spacial score (nSPS) is 12.9. The number of ether oxygens (including phenoxy) is 1. The third-order valence-corrected chi connectivity index (χ3v) is 13.6. The van der Waals surface area contributed by atoms with Gasteiger partial charge in [0.1, 0.15) is 0 Å². The van der Waals surface area contributed by atoms with Crippen molar-refractivity contribution in [3.8, 4) is 0 Å². The lowest BCUT2D eigenvalue weighted by Gasteiger charge is -2.20. The fourth-order valence-corrected chi connectivity index (χ4v) is 8.95. The number of carbonyl (C=O) groups is 2. The molecule has 0 aromatic carbocycles. The van der Waals surface area contributed by atoms with Crippen LogP contribution in [0.5, 0.6) is 0 Å². The summed E-state index contributed by atoms with van der Waals surface area (Å²) in [4.78, 5) is 24.5. The molecule has 0 saturated carbocycles. The predicted molar refractivity (Wildman–Crippen MR) is 296 cm³/mol. The van der Waals surface area contributed by atoms with Gasteiger partial charge in [-0.3, -0.25) is 9.59 Å². The summed E-state index contributed by atoms with van der Waals surface area (Å²) in [6.45, 7) is 4.87. The van der Waals surface area contributed by atoms with E-state index in [4.69, 9.17) is 4.74 Å². The van der Waals surface area contributed by atoms with Crippen molar-refractivity contribution in [3.63, 3.8) is 0 Å². The van der Waals surface area contributed by atoms with Crippen molar-refractivity contribution >= 4 is 11.9 Å². The molecule has 0 fully saturated rings. The zero-order valence-electron chi connectivity index (χ0n) is 45.3. The van der Waals surface area contributed by atoms with Crippen molar-refractivity contribution in [1.29, 1.82) is 0 Å². The molecule has 0 aliphatic rings. The number of rotatable bonds is 55. The molecule has 0 rings (SSSR count). The Hall–Kier alpha value is -2.18. The highest BCUT2D eigenvalue weighted by Crippen LogP contribution is 2.16. The molecule has 6 heteroatoms. The minimum absolute atomic E-state index is 0.00150. The summed E-state index contributed by atoms with van der Waals surface area (Å²) < 4.78 is 5.49. The van der Waals surface area contributed by atoms with E-state index in [1.54, 1.807) is 6.08 Å². The molecule has 1 amide bonds. The van der Waals surface area contributed by atoms with Gasteiger partial charge in [0.15, 0.2) is 0 Å². The average Bonchev–Trinajstić information content (AvgIpc) is 3.34. The van der Waals surface area contributed by atoms with Gasteiger partial charge in [-0.15, -0.1) is 0 Å². The highest BCUT2D eigenvalue weighted by Gasteiger charge is 2.18. The van der Waals surface area contributed by atoms with Crippen LogP contribution in [0.2, 0.25) is 0 Å². The Morgan fingerprint density at radius 2 is 0.735 bits per heavy atom. The molecule has 0 aromatic rings. The van der Waals surface area contributed by atoms with E-state index in [1.807, 2.05) is 6.08 Å².